The summed E-state index contributed by atoms with van der Waals surface area (Å²) in [6.45, 7) is 1.96. The van der Waals surface area contributed by atoms with E-state index in [1.807, 2.05) is 43.3 Å². The second-order valence-electron chi connectivity index (χ2n) is 4.71. The molecule has 0 aliphatic carbocycles. The van der Waals surface area contributed by atoms with Crippen LogP contribution in [0, 0.1) is 6.92 Å². The van der Waals surface area contributed by atoms with Gasteiger partial charge in [-0.1, -0.05) is 35.3 Å². The molecule has 0 fully saturated rings. The number of hydrogen-bond donors (Lipinski definition) is 0. The number of fused-ring (bicyclic) bond motifs is 1. The van der Waals surface area contributed by atoms with Crippen molar-refractivity contribution in [1.29, 1.82) is 0 Å². The highest BCUT2D eigenvalue weighted by Gasteiger charge is 2.11. The summed E-state index contributed by atoms with van der Waals surface area (Å²) in [5, 5.41) is 1.72. The Hall–Kier alpha value is -1.84. The number of hydrogen-bond acceptors (Lipinski definition) is 3. The van der Waals surface area contributed by atoms with E-state index < -0.39 is 0 Å². The van der Waals surface area contributed by atoms with Crippen molar-refractivity contribution in [2.24, 2.45) is 0 Å². The van der Waals surface area contributed by atoms with Crippen LogP contribution in [0.1, 0.15) is 5.56 Å². The third-order valence-electron chi connectivity index (χ3n) is 3.18. The molecule has 0 N–H and O–H groups in total. The second-order valence-corrected chi connectivity index (χ2v) is 5.48. The monoisotopic (exact) mass is 318 g/mol. The highest BCUT2D eigenvalue weighted by atomic mass is 35.5. The Bertz CT molecular complexity index is 834. The lowest BCUT2D eigenvalue weighted by molar-refractivity contribution is 0.415. The van der Waals surface area contributed by atoms with Gasteiger partial charge in [-0.2, -0.15) is 0 Å². The molecule has 0 saturated carbocycles. The van der Waals surface area contributed by atoms with Gasteiger partial charge in [0, 0.05) is 10.9 Å². The number of aryl methyl sites for hydroxylation is 1. The van der Waals surface area contributed by atoms with Gasteiger partial charge in [0.15, 0.2) is 5.82 Å². The zero-order valence-electron chi connectivity index (χ0n) is 11.5. The highest BCUT2D eigenvalue weighted by Crippen LogP contribution is 2.31. The lowest BCUT2D eigenvalue weighted by atomic mass is 10.1. The molecular weight excluding hydrogens is 307 g/mol. The third kappa shape index (κ3) is 2.67. The molecule has 3 aromatic rings. The summed E-state index contributed by atoms with van der Waals surface area (Å²) >= 11 is 12.6. The molecule has 5 heteroatoms. The van der Waals surface area contributed by atoms with Crippen LogP contribution < -0.4 is 4.74 Å². The Kier molecular flexibility index (Phi) is 3.70. The van der Waals surface area contributed by atoms with Crippen LogP contribution in [-0.2, 0) is 0 Å². The van der Waals surface area contributed by atoms with E-state index in [1.165, 1.54) is 0 Å². The van der Waals surface area contributed by atoms with Crippen molar-refractivity contribution < 1.29 is 4.74 Å². The molecule has 0 bridgehead atoms. The fourth-order valence-electron chi connectivity index (χ4n) is 2.18. The topological polar surface area (TPSA) is 35.0 Å². The predicted molar refractivity (Wildman–Crippen MR) is 86.3 cm³/mol. The molecular formula is C16H12Cl2N2O. The van der Waals surface area contributed by atoms with Crippen LogP contribution in [0.3, 0.4) is 0 Å². The first-order chi connectivity index (χ1) is 10.1. The van der Waals surface area contributed by atoms with E-state index in [0.717, 1.165) is 22.3 Å². The number of benzene rings is 2. The van der Waals surface area contributed by atoms with Gasteiger partial charge in [0.05, 0.1) is 17.6 Å². The van der Waals surface area contributed by atoms with Gasteiger partial charge in [-0.3, -0.25) is 0 Å². The molecule has 1 aromatic heterocycles. The van der Waals surface area contributed by atoms with Gasteiger partial charge < -0.3 is 4.74 Å². The van der Waals surface area contributed by atoms with Gasteiger partial charge in [0.25, 0.3) is 0 Å². The van der Waals surface area contributed by atoms with Crippen molar-refractivity contribution in [3.63, 3.8) is 0 Å². The van der Waals surface area contributed by atoms with Crippen LogP contribution in [0.2, 0.25) is 10.2 Å². The average Bonchev–Trinajstić information content (AvgIpc) is 2.48. The molecule has 0 radical (unpaired) electrons. The summed E-state index contributed by atoms with van der Waals surface area (Å²) < 4.78 is 5.22. The summed E-state index contributed by atoms with van der Waals surface area (Å²) in [5.41, 5.74) is 2.50. The number of nitrogens with zero attached hydrogens (tertiary/aromatic N) is 2. The van der Waals surface area contributed by atoms with E-state index in [-0.39, 0.29) is 0 Å². The standard InChI is InChI=1S/C16H12Cl2N2O/c1-9-6-12-14(13(17)7-9)19-16(20-15(12)18)10-4-3-5-11(8-10)21-2/h3-8H,1-2H3. The van der Waals surface area contributed by atoms with E-state index in [1.54, 1.807) is 7.11 Å². The smallest absolute Gasteiger partial charge is 0.161 e. The van der Waals surface area contributed by atoms with Gasteiger partial charge in [-0.05, 0) is 36.8 Å². The Labute approximate surface area is 132 Å². The molecule has 3 rings (SSSR count). The molecule has 1 heterocycles. The maximum absolute atomic E-state index is 6.29. The minimum absolute atomic E-state index is 0.392. The summed E-state index contributed by atoms with van der Waals surface area (Å²) in [6.07, 6.45) is 0. The molecule has 0 aliphatic heterocycles. The maximum Gasteiger partial charge on any atom is 0.161 e. The van der Waals surface area contributed by atoms with Crippen molar-refractivity contribution >= 4 is 34.1 Å². The van der Waals surface area contributed by atoms with Gasteiger partial charge >= 0.3 is 0 Å². The molecule has 21 heavy (non-hydrogen) atoms. The molecule has 2 aromatic carbocycles. The minimum Gasteiger partial charge on any atom is -0.497 e. The first-order valence-corrected chi connectivity index (χ1v) is 7.12. The van der Waals surface area contributed by atoms with Gasteiger partial charge in [0.2, 0.25) is 0 Å². The highest BCUT2D eigenvalue weighted by molar-refractivity contribution is 6.38. The zero-order chi connectivity index (χ0) is 15.0. The Balaban J connectivity index is 2.24. The van der Waals surface area contributed by atoms with Crippen LogP contribution in [-0.4, -0.2) is 17.1 Å². The summed E-state index contributed by atoms with van der Waals surface area (Å²) in [4.78, 5) is 8.91. The lowest BCUT2D eigenvalue weighted by Gasteiger charge is -2.08. The zero-order valence-corrected chi connectivity index (χ0v) is 13.0. The fraction of sp³-hybridized carbons (Fsp3) is 0.125. The average molecular weight is 319 g/mol. The number of ether oxygens (including phenoxy) is 1. The Morgan fingerprint density at radius 2 is 1.86 bits per heavy atom. The van der Waals surface area contributed by atoms with Crippen LogP contribution in [0.15, 0.2) is 36.4 Å². The molecule has 0 spiro atoms. The van der Waals surface area contributed by atoms with Gasteiger partial charge in [-0.25, -0.2) is 9.97 Å². The Morgan fingerprint density at radius 1 is 1.05 bits per heavy atom. The summed E-state index contributed by atoms with van der Waals surface area (Å²) in [6, 6.07) is 11.3. The lowest BCUT2D eigenvalue weighted by Crippen LogP contribution is -1.94. The van der Waals surface area contributed by atoms with E-state index in [9.17, 15) is 0 Å². The van der Waals surface area contributed by atoms with E-state index in [2.05, 4.69) is 9.97 Å². The molecule has 0 atom stereocenters. The number of aromatic nitrogens is 2. The summed E-state index contributed by atoms with van der Waals surface area (Å²) in [7, 11) is 1.62. The fourth-order valence-corrected chi connectivity index (χ4v) is 2.72. The SMILES string of the molecule is COc1cccc(-c2nc(Cl)c3cc(C)cc(Cl)c3n2)c1. The molecule has 106 valence electrons. The largest absolute Gasteiger partial charge is 0.497 e. The molecule has 3 nitrogen and oxygen atoms in total. The number of methoxy groups -OCH3 is 1. The van der Waals surface area contributed by atoms with Crippen molar-refractivity contribution in [2.45, 2.75) is 6.92 Å². The van der Waals surface area contributed by atoms with E-state index in [4.69, 9.17) is 27.9 Å². The van der Waals surface area contributed by atoms with Gasteiger partial charge in [0.1, 0.15) is 10.9 Å². The van der Waals surface area contributed by atoms with E-state index >= 15 is 0 Å². The van der Waals surface area contributed by atoms with Crippen molar-refractivity contribution in [1.82, 2.24) is 9.97 Å². The van der Waals surface area contributed by atoms with Crippen molar-refractivity contribution in [3.8, 4) is 17.1 Å². The molecule has 0 saturated heterocycles. The maximum atomic E-state index is 6.29. The van der Waals surface area contributed by atoms with E-state index in [0.29, 0.717) is 21.5 Å². The van der Waals surface area contributed by atoms with Gasteiger partial charge in [-0.15, -0.1) is 0 Å². The quantitative estimate of drug-likeness (QED) is 0.629. The molecule has 0 aliphatic rings. The first kappa shape index (κ1) is 14.1. The van der Waals surface area contributed by atoms with Crippen LogP contribution in [0.5, 0.6) is 5.75 Å². The predicted octanol–water partition coefficient (Wildman–Crippen LogP) is 4.92. The van der Waals surface area contributed by atoms with Crippen LogP contribution in [0.25, 0.3) is 22.3 Å². The summed E-state index contributed by atoms with van der Waals surface area (Å²) in [5.74, 6) is 1.26. The van der Waals surface area contributed by atoms with Crippen LogP contribution in [0.4, 0.5) is 0 Å². The number of halogens is 2. The first-order valence-electron chi connectivity index (χ1n) is 6.36. The molecule has 0 amide bonds. The second kappa shape index (κ2) is 5.51. The normalized spacial score (nSPS) is 10.9. The minimum atomic E-state index is 0.392. The third-order valence-corrected chi connectivity index (χ3v) is 3.76. The van der Waals surface area contributed by atoms with Crippen molar-refractivity contribution in [3.05, 3.63) is 52.1 Å². The number of rotatable bonds is 2. The van der Waals surface area contributed by atoms with Crippen molar-refractivity contribution in [2.75, 3.05) is 7.11 Å². The Morgan fingerprint density at radius 3 is 2.62 bits per heavy atom. The van der Waals surface area contributed by atoms with Crippen LogP contribution >= 0.6 is 23.2 Å². The molecule has 0 unspecified atom stereocenters.